The van der Waals surface area contributed by atoms with E-state index >= 15 is 4.39 Å². The number of fused-ring (bicyclic) bond motifs is 1. The van der Waals surface area contributed by atoms with Crippen molar-refractivity contribution in [2.24, 2.45) is 11.3 Å². The average Bonchev–Trinajstić information content (AvgIpc) is 4.30. The molecule has 4 N–H and O–H groups in total. The maximum atomic E-state index is 15.0. The van der Waals surface area contributed by atoms with Crippen LogP contribution in [0.25, 0.3) is 11.0 Å². The molecule has 2 saturated carbocycles. The number of aliphatic hydroxyl groups is 1. The van der Waals surface area contributed by atoms with Crippen molar-refractivity contribution in [1.29, 1.82) is 0 Å². The van der Waals surface area contributed by atoms with Gasteiger partial charge in [-0.05, 0) is 135 Å². The third kappa shape index (κ3) is 12.1. The molecule has 5 aliphatic rings. The van der Waals surface area contributed by atoms with Crippen LogP contribution in [0.15, 0.2) is 90.1 Å². The Morgan fingerprint density at radius 3 is 2.43 bits per heavy atom. The van der Waals surface area contributed by atoms with Crippen molar-refractivity contribution in [2.45, 2.75) is 126 Å². The van der Waals surface area contributed by atoms with Crippen molar-refractivity contribution in [2.75, 3.05) is 69.7 Å². The molecule has 6 aromatic rings. The highest BCUT2D eigenvalue weighted by atomic mass is 32.2. The highest BCUT2D eigenvalue weighted by Gasteiger charge is 2.50. The number of benzene rings is 3. The van der Waals surface area contributed by atoms with E-state index in [4.69, 9.17) is 14.2 Å². The second-order valence-electron chi connectivity index (χ2n) is 23.8. The Labute approximate surface area is 473 Å². The number of pyridine rings is 2. The van der Waals surface area contributed by atoms with Crippen LogP contribution in [0.2, 0.25) is 0 Å². The molecule has 3 aromatic carbocycles. The lowest BCUT2D eigenvalue weighted by atomic mass is 9.69. The monoisotopic (exact) mass is 1130 g/mol. The molecule has 430 valence electrons. The van der Waals surface area contributed by atoms with Crippen molar-refractivity contribution < 1.29 is 41.8 Å². The maximum Gasteiger partial charge on any atom is 0.312 e. The van der Waals surface area contributed by atoms with Crippen molar-refractivity contribution >= 4 is 44.2 Å². The standard InChI is InChI=1S/C61H74FN9O9S/c1-6-79-59-55(30-48-50(62)33-65-56(48)66-59)80-54-28-42(14-16-47(54)58(72)67-81(76,77)43-29-52(71(74)75)57(64-32-43)63-31-39-17-20-60(4,73)21-18-39)69-25-22-61(23-26-69)36-70(37-61)51-19-24-68(35-49(51)46-10-8-7-9-44(46)38(2)3)34-40-11-15-45(41-12-13-41)53(27-40)78-5/h7-11,14-16,27-30,32-33,38-39,41,49,51,73H,6,12-13,17-26,31,34-37H2,1-5H3,(H,63,64)(H,65,66)(H,67,72). The number of halogens is 1. The van der Waals surface area contributed by atoms with E-state index in [2.05, 4.69) is 96.0 Å². The molecule has 2 atom stereocenters. The summed E-state index contributed by atoms with van der Waals surface area (Å²) in [5.74, 6) is 0.692. The highest BCUT2D eigenvalue weighted by molar-refractivity contribution is 7.90. The zero-order valence-corrected chi connectivity index (χ0v) is 47.7. The number of nitrogens with one attached hydrogen (secondary N) is 3. The van der Waals surface area contributed by atoms with Gasteiger partial charge in [0.15, 0.2) is 5.75 Å². The smallest absolute Gasteiger partial charge is 0.312 e. The second kappa shape index (κ2) is 22.8. The number of anilines is 2. The van der Waals surface area contributed by atoms with Crippen LogP contribution < -0.4 is 29.1 Å². The summed E-state index contributed by atoms with van der Waals surface area (Å²) in [6.45, 7) is 15.0. The lowest BCUT2D eigenvalue weighted by Crippen LogP contribution is -2.65. The molecule has 81 heavy (non-hydrogen) atoms. The summed E-state index contributed by atoms with van der Waals surface area (Å²) in [7, 11) is -2.97. The number of carbonyl (C=O) groups excluding carboxylic acids is 1. The van der Waals surface area contributed by atoms with E-state index in [-0.39, 0.29) is 57.7 Å². The van der Waals surface area contributed by atoms with Crippen LogP contribution in [0.5, 0.6) is 23.1 Å². The fourth-order valence-electron chi connectivity index (χ4n) is 12.9. The lowest BCUT2D eigenvalue weighted by molar-refractivity contribution is -0.384. The molecule has 3 aliphatic heterocycles. The number of carbonyl (C=O) groups is 1. The number of nitrogens with zero attached hydrogens (tertiary/aromatic N) is 6. The summed E-state index contributed by atoms with van der Waals surface area (Å²) in [6, 6.07) is 23.4. The van der Waals surface area contributed by atoms with E-state index in [0.717, 1.165) is 95.0 Å². The second-order valence-corrected chi connectivity index (χ2v) is 25.5. The van der Waals surface area contributed by atoms with Crippen LogP contribution >= 0.6 is 0 Å². The van der Waals surface area contributed by atoms with E-state index in [0.29, 0.717) is 56.0 Å². The van der Waals surface area contributed by atoms with Gasteiger partial charge in [-0.25, -0.2) is 22.5 Å². The largest absolute Gasteiger partial charge is 0.496 e. The van der Waals surface area contributed by atoms with Gasteiger partial charge in [0.05, 0.1) is 41.4 Å². The molecule has 5 fully saturated rings. The number of sulfonamides is 1. The number of aromatic amines is 1. The minimum Gasteiger partial charge on any atom is -0.496 e. The van der Waals surface area contributed by atoms with E-state index < -0.39 is 42.9 Å². The van der Waals surface area contributed by atoms with Gasteiger partial charge >= 0.3 is 5.69 Å². The molecule has 2 unspecified atom stereocenters. The lowest BCUT2D eigenvalue weighted by Gasteiger charge is -2.59. The number of piperidine rings is 2. The molecule has 1 spiro atoms. The van der Waals surface area contributed by atoms with Gasteiger partial charge in [-0.1, -0.05) is 50.2 Å². The van der Waals surface area contributed by atoms with Gasteiger partial charge in [-0.15, -0.1) is 0 Å². The van der Waals surface area contributed by atoms with Gasteiger partial charge in [0.25, 0.3) is 21.8 Å². The molecule has 18 nitrogen and oxygen atoms in total. The van der Waals surface area contributed by atoms with E-state index in [1.807, 2.05) is 0 Å². The Hall–Kier alpha value is -6.87. The number of hydrogen-bond donors (Lipinski definition) is 4. The van der Waals surface area contributed by atoms with Crippen molar-refractivity contribution in [3.8, 4) is 23.1 Å². The third-order valence-electron chi connectivity index (χ3n) is 17.7. The fraction of sp³-hybridized carbons (Fsp3) is 0.492. The maximum absolute atomic E-state index is 15.0. The SMILES string of the molecule is CCOc1nc2[nH]cc(F)c2cc1Oc1cc(N2CCC3(CC2)CN(C2CCN(Cc4ccc(C5CC5)c(OC)c4)CC2c2ccccc2C(C)C)C3)ccc1C(=O)NS(=O)(=O)c1cnc(NCC2CCC(C)(O)CC2)c([N+](=O)[O-])c1. The summed E-state index contributed by atoms with van der Waals surface area (Å²) in [6.07, 6.45) is 10.1. The van der Waals surface area contributed by atoms with E-state index in [1.54, 1.807) is 33.1 Å². The molecule has 2 aliphatic carbocycles. The first-order valence-electron chi connectivity index (χ1n) is 28.7. The average molecular weight is 1130 g/mol. The normalized spacial score (nSPS) is 22.4. The number of nitro groups is 1. The summed E-state index contributed by atoms with van der Waals surface area (Å²) in [5.41, 5.74) is 5.04. The third-order valence-corrected chi connectivity index (χ3v) is 19.0. The minimum atomic E-state index is -4.75. The van der Waals surface area contributed by atoms with Crippen molar-refractivity contribution in [1.82, 2.24) is 29.5 Å². The molecule has 1 amide bonds. The molecular formula is C61H74FN9O9S. The summed E-state index contributed by atoms with van der Waals surface area (Å²) in [5, 5.41) is 25.8. The number of hydrogen-bond acceptors (Lipinski definition) is 15. The molecule has 6 heterocycles. The highest BCUT2D eigenvalue weighted by Crippen LogP contribution is 2.48. The Bertz CT molecular complexity index is 3420. The van der Waals surface area contributed by atoms with Crippen LogP contribution in [0.1, 0.15) is 136 Å². The molecule has 0 radical (unpaired) electrons. The molecular weight excluding hydrogens is 1050 g/mol. The van der Waals surface area contributed by atoms with Crippen LogP contribution in [0, 0.1) is 27.3 Å². The number of likely N-dealkylation sites (tertiary alicyclic amines) is 2. The van der Waals surface area contributed by atoms with Crippen LogP contribution in [0.4, 0.5) is 21.6 Å². The zero-order valence-electron chi connectivity index (χ0n) is 46.9. The quantitative estimate of drug-likeness (QED) is 0.0438. The van der Waals surface area contributed by atoms with Gasteiger partial charge in [-0.3, -0.25) is 24.7 Å². The summed E-state index contributed by atoms with van der Waals surface area (Å²) in [4.78, 5) is 44.2. The number of aromatic nitrogens is 3. The topological polar surface area (TPSA) is 218 Å². The van der Waals surface area contributed by atoms with E-state index in [1.165, 1.54) is 47.2 Å². The van der Waals surface area contributed by atoms with Crippen LogP contribution in [-0.4, -0.2) is 120 Å². The van der Waals surface area contributed by atoms with Gasteiger partial charge in [0.2, 0.25) is 5.82 Å². The molecule has 3 saturated heterocycles. The Balaban J connectivity index is 0.804. The summed E-state index contributed by atoms with van der Waals surface area (Å²) >= 11 is 0. The Morgan fingerprint density at radius 2 is 1.72 bits per heavy atom. The predicted octanol–water partition coefficient (Wildman–Crippen LogP) is 10.6. The van der Waals surface area contributed by atoms with Gasteiger partial charge in [0.1, 0.15) is 27.9 Å². The first kappa shape index (κ1) is 56.0. The fourth-order valence-corrected chi connectivity index (χ4v) is 13.9. The molecule has 3 aromatic heterocycles. The number of rotatable bonds is 19. The first-order chi connectivity index (χ1) is 38.9. The molecule has 11 rings (SSSR count). The van der Waals surface area contributed by atoms with Gasteiger partial charge < -0.3 is 34.5 Å². The van der Waals surface area contributed by atoms with Crippen LogP contribution in [-0.2, 0) is 16.6 Å². The van der Waals surface area contributed by atoms with Gasteiger partial charge in [-0.2, -0.15) is 4.98 Å². The number of methoxy groups -OCH3 is 1. The molecule has 20 heteroatoms. The minimum absolute atomic E-state index is 0.00602. The van der Waals surface area contributed by atoms with Crippen molar-refractivity contribution in [3.63, 3.8) is 0 Å². The number of H-pyrrole nitrogens is 1. The first-order valence-corrected chi connectivity index (χ1v) is 30.1. The Kier molecular flexibility index (Phi) is 15.8. The van der Waals surface area contributed by atoms with Gasteiger partial charge in [0, 0.05) is 94.4 Å². The van der Waals surface area contributed by atoms with E-state index in [9.17, 15) is 28.4 Å². The summed E-state index contributed by atoms with van der Waals surface area (Å²) < 4.78 is 63.2. The number of ether oxygens (including phenoxy) is 3. The number of amides is 1. The zero-order chi connectivity index (χ0) is 56.8. The molecule has 0 bridgehead atoms. The van der Waals surface area contributed by atoms with Crippen LogP contribution in [0.3, 0.4) is 0 Å². The predicted molar refractivity (Wildman–Crippen MR) is 308 cm³/mol. The van der Waals surface area contributed by atoms with Crippen molar-refractivity contribution in [3.05, 3.63) is 129 Å². The Morgan fingerprint density at radius 1 is 0.951 bits per heavy atom.